The Balaban J connectivity index is 2.41. The van der Waals surface area contributed by atoms with E-state index in [-0.39, 0.29) is 17.2 Å². The number of carboxylic acid groups (broad SMARTS) is 1. The second-order valence-corrected chi connectivity index (χ2v) is 6.52. The van der Waals surface area contributed by atoms with Crippen LogP contribution in [0.4, 0.5) is 0 Å². The van der Waals surface area contributed by atoms with Gasteiger partial charge in [-0.2, -0.15) is 0 Å². The highest BCUT2D eigenvalue weighted by Crippen LogP contribution is 2.36. The van der Waals surface area contributed by atoms with E-state index >= 15 is 0 Å². The Bertz CT molecular complexity index is 684. The summed E-state index contributed by atoms with van der Waals surface area (Å²) in [6, 6.07) is 1.89. The molecule has 0 bridgehead atoms. The van der Waals surface area contributed by atoms with Gasteiger partial charge < -0.3 is 9.67 Å². The zero-order valence-corrected chi connectivity index (χ0v) is 11.0. The quantitative estimate of drug-likeness (QED) is 0.927. The van der Waals surface area contributed by atoms with E-state index in [1.165, 1.54) is 17.5 Å². The topological polar surface area (TPSA) is 59.3 Å². The molecule has 1 aliphatic carbocycles. The zero-order valence-electron chi connectivity index (χ0n) is 8.64. The van der Waals surface area contributed by atoms with Gasteiger partial charge in [-0.05, 0) is 34.8 Å². The van der Waals surface area contributed by atoms with E-state index in [1.54, 1.807) is 10.6 Å². The average Bonchev–Trinajstić information content (AvgIpc) is 3.01. The maximum atomic E-state index is 12.2. The van der Waals surface area contributed by atoms with E-state index in [1.807, 2.05) is 0 Å². The number of hydrogen-bond acceptors (Lipinski definition) is 3. The van der Waals surface area contributed by atoms with E-state index in [0.717, 1.165) is 16.6 Å². The monoisotopic (exact) mass is 313 g/mol. The summed E-state index contributed by atoms with van der Waals surface area (Å²) in [5.41, 5.74) is 0.122. The number of rotatable bonds is 2. The standard InChI is InChI=1S/C11H8BrNO3S/c12-8-3-6-9(17-8)7(11(15)16)4-13(10(6)14)5-1-2-5/h3-5H,1-2H2,(H,15,16). The molecule has 0 amide bonds. The summed E-state index contributed by atoms with van der Waals surface area (Å²) >= 11 is 4.58. The number of hydrogen-bond donors (Lipinski definition) is 1. The van der Waals surface area contributed by atoms with Crippen LogP contribution in [0.1, 0.15) is 29.2 Å². The summed E-state index contributed by atoms with van der Waals surface area (Å²) in [6.45, 7) is 0. The molecule has 0 unspecified atom stereocenters. The number of carbonyl (C=O) groups is 1. The highest BCUT2D eigenvalue weighted by molar-refractivity contribution is 9.11. The SMILES string of the molecule is O=C(O)c1cn(C2CC2)c(=O)c2cc(Br)sc12. The van der Waals surface area contributed by atoms with Gasteiger partial charge in [0.1, 0.15) is 0 Å². The Morgan fingerprint density at radius 2 is 2.24 bits per heavy atom. The van der Waals surface area contributed by atoms with E-state index in [2.05, 4.69) is 15.9 Å². The molecule has 0 saturated heterocycles. The van der Waals surface area contributed by atoms with Crippen LogP contribution in [0.5, 0.6) is 0 Å². The number of carboxylic acids is 1. The molecule has 0 aromatic carbocycles. The van der Waals surface area contributed by atoms with Crippen LogP contribution < -0.4 is 5.56 Å². The van der Waals surface area contributed by atoms with Gasteiger partial charge in [0.25, 0.3) is 5.56 Å². The lowest BCUT2D eigenvalue weighted by Gasteiger charge is -2.05. The molecule has 1 saturated carbocycles. The first kappa shape index (κ1) is 11.0. The Labute approximate surface area is 109 Å². The fourth-order valence-corrected chi connectivity index (χ4v) is 3.48. The molecule has 3 rings (SSSR count). The fraction of sp³-hybridized carbons (Fsp3) is 0.273. The summed E-state index contributed by atoms with van der Waals surface area (Å²) in [6.07, 6.45) is 3.39. The van der Waals surface area contributed by atoms with Gasteiger partial charge in [-0.25, -0.2) is 4.79 Å². The molecule has 2 heterocycles. The van der Waals surface area contributed by atoms with Crippen molar-refractivity contribution >= 4 is 43.3 Å². The van der Waals surface area contributed by atoms with Crippen LogP contribution in [0, 0.1) is 0 Å². The van der Waals surface area contributed by atoms with Gasteiger partial charge in [-0.15, -0.1) is 11.3 Å². The van der Waals surface area contributed by atoms with Gasteiger partial charge in [-0.3, -0.25) is 4.79 Å². The van der Waals surface area contributed by atoms with Crippen molar-refractivity contribution in [3.8, 4) is 0 Å². The second-order valence-electron chi connectivity index (χ2n) is 4.08. The third-order valence-corrected chi connectivity index (χ3v) is 4.52. The highest BCUT2D eigenvalue weighted by atomic mass is 79.9. The number of halogens is 1. The van der Waals surface area contributed by atoms with Crippen molar-refractivity contribution in [2.75, 3.05) is 0 Å². The number of aromatic carboxylic acids is 1. The number of pyridine rings is 1. The number of fused-ring (bicyclic) bond motifs is 1. The maximum absolute atomic E-state index is 12.2. The molecule has 0 radical (unpaired) electrons. The van der Waals surface area contributed by atoms with Crippen molar-refractivity contribution in [2.45, 2.75) is 18.9 Å². The van der Waals surface area contributed by atoms with E-state index in [9.17, 15) is 14.7 Å². The Hall–Kier alpha value is -1.14. The molecule has 6 heteroatoms. The van der Waals surface area contributed by atoms with Crippen LogP contribution in [0.25, 0.3) is 10.1 Å². The maximum Gasteiger partial charge on any atom is 0.338 e. The van der Waals surface area contributed by atoms with Crippen molar-refractivity contribution in [2.24, 2.45) is 0 Å². The van der Waals surface area contributed by atoms with E-state index in [4.69, 9.17) is 0 Å². The Morgan fingerprint density at radius 3 is 2.82 bits per heavy atom. The Kier molecular flexibility index (Phi) is 2.38. The summed E-state index contributed by atoms with van der Waals surface area (Å²) < 4.78 is 2.89. The number of thiophene rings is 1. The molecule has 4 nitrogen and oxygen atoms in total. The number of nitrogens with zero attached hydrogens (tertiary/aromatic N) is 1. The van der Waals surface area contributed by atoms with Crippen LogP contribution >= 0.6 is 27.3 Å². The minimum Gasteiger partial charge on any atom is -0.478 e. The van der Waals surface area contributed by atoms with Crippen LogP contribution in [-0.2, 0) is 0 Å². The zero-order chi connectivity index (χ0) is 12.2. The number of aromatic nitrogens is 1. The van der Waals surface area contributed by atoms with Crippen molar-refractivity contribution in [1.82, 2.24) is 4.57 Å². The molecule has 17 heavy (non-hydrogen) atoms. The molecular formula is C11H8BrNO3S. The summed E-state index contributed by atoms with van der Waals surface area (Å²) in [5, 5.41) is 9.68. The lowest BCUT2D eigenvalue weighted by atomic mass is 10.2. The van der Waals surface area contributed by atoms with E-state index < -0.39 is 5.97 Å². The van der Waals surface area contributed by atoms with Crippen LogP contribution in [0.3, 0.4) is 0 Å². The van der Waals surface area contributed by atoms with Crippen molar-refractivity contribution in [3.05, 3.63) is 32.0 Å². The average molecular weight is 314 g/mol. The molecule has 0 atom stereocenters. The lowest BCUT2D eigenvalue weighted by Crippen LogP contribution is -2.20. The molecule has 1 N–H and O–H groups in total. The summed E-state index contributed by atoms with van der Waals surface area (Å²) in [7, 11) is 0. The molecule has 0 aliphatic heterocycles. The third-order valence-electron chi connectivity index (χ3n) is 2.85. The molecule has 1 fully saturated rings. The minimum absolute atomic E-state index is 0.0885. The van der Waals surface area contributed by atoms with Crippen molar-refractivity contribution < 1.29 is 9.90 Å². The largest absolute Gasteiger partial charge is 0.478 e. The molecular weight excluding hydrogens is 306 g/mol. The third kappa shape index (κ3) is 1.71. The minimum atomic E-state index is -0.987. The van der Waals surface area contributed by atoms with Gasteiger partial charge in [0.2, 0.25) is 0 Å². The molecule has 88 valence electrons. The first-order chi connectivity index (χ1) is 8.08. The van der Waals surface area contributed by atoms with Gasteiger partial charge >= 0.3 is 5.97 Å². The molecule has 1 aliphatic rings. The van der Waals surface area contributed by atoms with E-state index in [0.29, 0.717) is 10.1 Å². The normalized spacial score (nSPS) is 15.4. The smallest absolute Gasteiger partial charge is 0.338 e. The van der Waals surface area contributed by atoms with Gasteiger partial charge in [0.15, 0.2) is 0 Å². The molecule has 2 aromatic rings. The van der Waals surface area contributed by atoms with Crippen LogP contribution in [-0.4, -0.2) is 15.6 Å². The van der Waals surface area contributed by atoms with Gasteiger partial charge in [0.05, 0.1) is 19.4 Å². The molecule has 2 aromatic heterocycles. The van der Waals surface area contributed by atoms with Gasteiger partial charge in [-0.1, -0.05) is 0 Å². The second kappa shape index (κ2) is 3.68. The highest BCUT2D eigenvalue weighted by Gasteiger charge is 2.27. The summed E-state index contributed by atoms with van der Waals surface area (Å²) in [4.78, 5) is 23.4. The lowest BCUT2D eigenvalue weighted by molar-refractivity contribution is 0.0698. The van der Waals surface area contributed by atoms with Crippen molar-refractivity contribution in [1.29, 1.82) is 0 Å². The van der Waals surface area contributed by atoms with Crippen molar-refractivity contribution in [3.63, 3.8) is 0 Å². The predicted molar refractivity (Wildman–Crippen MR) is 69.0 cm³/mol. The molecule has 0 spiro atoms. The first-order valence-electron chi connectivity index (χ1n) is 5.15. The predicted octanol–water partition coefficient (Wildman–Crippen LogP) is 2.86. The fourth-order valence-electron chi connectivity index (χ4n) is 1.89. The Morgan fingerprint density at radius 1 is 1.53 bits per heavy atom. The first-order valence-corrected chi connectivity index (χ1v) is 6.76. The van der Waals surface area contributed by atoms with Crippen LogP contribution in [0.2, 0.25) is 0 Å². The van der Waals surface area contributed by atoms with Crippen LogP contribution in [0.15, 0.2) is 20.8 Å². The summed E-state index contributed by atoms with van der Waals surface area (Å²) in [5.74, 6) is -0.987. The van der Waals surface area contributed by atoms with Gasteiger partial charge in [0, 0.05) is 12.2 Å².